The van der Waals surface area contributed by atoms with Crippen molar-refractivity contribution < 1.29 is 19.2 Å². The van der Waals surface area contributed by atoms with Crippen molar-refractivity contribution in [3.8, 4) is 0 Å². The Kier molecular flexibility index (Phi) is 13.6. The Balaban J connectivity index is 2.25. The first-order chi connectivity index (χ1) is 18.4. The molecule has 0 aliphatic carbocycles. The van der Waals surface area contributed by atoms with Crippen molar-refractivity contribution in [1.82, 2.24) is 26.3 Å². The van der Waals surface area contributed by atoms with E-state index in [1.54, 1.807) is 37.4 Å². The van der Waals surface area contributed by atoms with Crippen LogP contribution in [0.4, 0.5) is 0 Å². The summed E-state index contributed by atoms with van der Waals surface area (Å²) in [6.45, 7) is 11.6. The highest BCUT2D eigenvalue weighted by Crippen LogP contribution is 2.16. The third-order valence-corrected chi connectivity index (χ3v) is 8.51. The topological polar surface area (TPSA) is 129 Å². The molecule has 2 rings (SSSR count). The number of pyridine rings is 1. The van der Waals surface area contributed by atoms with Crippen LogP contribution in [0.15, 0.2) is 18.2 Å². The summed E-state index contributed by atoms with van der Waals surface area (Å²) >= 11 is 3.30. The summed E-state index contributed by atoms with van der Waals surface area (Å²) < 4.78 is 0. The monoisotopic (exact) mass is 579 g/mol. The van der Waals surface area contributed by atoms with Gasteiger partial charge in [0, 0.05) is 36.0 Å². The first-order valence-corrected chi connectivity index (χ1v) is 16.0. The van der Waals surface area contributed by atoms with E-state index >= 15 is 0 Å². The maximum atomic E-state index is 13.4. The molecule has 0 radical (unpaired) electrons. The van der Waals surface area contributed by atoms with Crippen LogP contribution in [0.1, 0.15) is 72.2 Å². The molecule has 0 saturated carbocycles. The van der Waals surface area contributed by atoms with Gasteiger partial charge in [0.25, 0.3) is 0 Å². The Labute approximate surface area is 241 Å². The van der Waals surface area contributed by atoms with Gasteiger partial charge < -0.3 is 21.3 Å². The number of hydrogen-bond acceptors (Lipinski definition) is 7. The lowest BCUT2D eigenvalue weighted by Gasteiger charge is -2.30. The number of nitrogens with zero attached hydrogens (tertiary/aromatic N) is 1. The molecule has 3 atom stereocenters. The van der Waals surface area contributed by atoms with Crippen molar-refractivity contribution in [1.29, 1.82) is 0 Å². The lowest BCUT2D eigenvalue weighted by Crippen LogP contribution is -2.61. The molecule has 1 aliphatic heterocycles. The second-order valence-electron chi connectivity index (χ2n) is 11.0. The summed E-state index contributed by atoms with van der Waals surface area (Å²) in [5.41, 5.74) is 0.713. The van der Waals surface area contributed by atoms with Gasteiger partial charge in [-0.2, -0.15) is 23.5 Å². The Morgan fingerprint density at radius 3 is 2.23 bits per heavy atom. The Morgan fingerprint density at radius 2 is 1.62 bits per heavy atom. The average molecular weight is 580 g/mol. The molecule has 9 nitrogen and oxygen atoms in total. The van der Waals surface area contributed by atoms with Crippen molar-refractivity contribution in [2.24, 2.45) is 11.8 Å². The molecule has 218 valence electrons. The fourth-order valence-electron chi connectivity index (χ4n) is 4.03. The van der Waals surface area contributed by atoms with Gasteiger partial charge in [0.05, 0.1) is 11.4 Å². The number of amides is 4. The highest BCUT2D eigenvalue weighted by molar-refractivity contribution is 7.98. The number of fused-ring (bicyclic) bond motifs is 2. The number of hydrogen-bond donors (Lipinski definition) is 4. The summed E-state index contributed by atoms with van der Waals surface area (Å²) in [5.74, 6) is 1.43. The van der Waals surface area contributed by atoms with Gasteiger partial charge >= 0.3 is 0 Å². The quantitative estimate of drug-likeness (QED) is 0.432. The van der Waals surface area contributed by atoms with Gasteiger partial charge in [-0.05, 0) is 44.2 Å². The van der Waals surface area contributed by atoms with Crippen LogP contribution in [0.2, 0.25) is 0 Å². The van der Waals surface area contributed by atoms with Crippen LogP contribution in [0, 0.1) is 11.8 Å². The summed E-state index contributed by atoms with van der Waals surface area (Å²) in [5, 5.41) is 11.5. The Hall–Kier alpha value is -2.27. The van der Waals surface area contributed by atoms with Crippen molar-refractivity contribution in [2.75, 3.05) is 18.1 Å². The van der Waals surface area contributed by atoms with Gasteiger partial charge in [-0.3, -0.25) is 24.2 Å². The maximum Gasteiger partial charge on any atom is 0.245 e. The normalized spacial score (nSPS) is 23.4. The van der Waals surface area contributed by atoms with E-state index in [1.165, 1.54) is 0 Å². The summed E-state index contributed by atoms with van der Waals surface area (Å²) in [4.78, 5) is 57.0. The van der Waals surface area contributed by atoms with Crippen molar-refractivity contribution in [2.45, 2.75) is 89.9 Å². The summed E-state index contributed by atoms with van der Waals surface area (Å²) in [7, 11) is 0. The number of carbonyl (C=O) groups is 4. The number of nitrogens with one attached hydrogen (secondary N) is 4. The average Bonchev–Trinajstić information content (AvgIpc) is 2.87. The lowest BCUT2D eigenvalue weighted by molar-refractivity contribution is -0.136. The highest BCUT2D eigenvalue weighted by atomic mass is 32.2. The lowest BCUT2D eigenvalue weighted by atomic mass is 9.96. The van der Waals surface area contributed by atoms with E-state index in [0.29, 0.717) is 36.6 Å². The minimum Gasteiger partial charge on any atom is -0.353 e. The van der Waals surface area contributed by atoms with Crippen LogP contribution in [-0.2, 0) is 30.7 Å². The molecule has 0 saturated heterocycles. The third-order valence-electron chi connectivity index (χ3n) is 6.53. The molecule has 39 heavy (non-hydrogen) atoms. The largest absolute Gasteiger partial charge is 0.353 e. The zero-order valence-electron chi connectivity index (χ0n) is 24.1. The van der Waals surface area contributed by atoms with E-state index < -0.39 is 29.4 Å². The molecule has 1 aromatic rings. The zero-order chi connectivity index (χ0) is 29.0. The van der Waals surface area contributed by atoms with Crippen LogP contribution in [-0.4, -0.2) is 64.3 Å². The van der Waals surface area contributed by atoms with Crippen LogP contribution in [0.5, 0.6) is 0 Å². The van der Waals surface area contributed by atoms with Crippen molar-refractivity contribution in [3.63, 3.8) is 0 Å². The standard InChI is InChI=1S/C28H45N5O4S2/c1-7-19(4)24-26(36)29-12-14-39-17-21-10-8-9-20(30-21)16-38-13-11-23(34)33-28(5,6)27(37)31-22(15-18(2)3)25(35)32-24/h8-10,18-19,22,24H,7,11-17H2,1-6H3,(H,29,36)(H,31,37)(H,32,35)(H,33,34)/t19-,22?,24-/m0/s1. The first kappa shape index (κ1) is 32.9. The van der Waals surface area contributed by atoms with Gasteiger partial charge in [-0.1, -0.05) is 40.2 Å². The Morgan fingerprint density at radius 1 is 0.974 bits per heavy atom. The van der Waals surface area contributed by atoms with Crippen molar-refractivity contribution >= 4 is 47.2 Å². The minimum atomic E-state index is -1.21. The van der Waals surface area contributed by atoms with E-state index in [9.17, 15) is 19.2 Å². The van der Waals surface area contributed by atoms with E-state index in [1.807, 2.05) is 45.9 Å². The molecule has 2 heterocycles. The number of thioether (sulfide) groups is 2. The molecule has 11 heteroatoms. The molecule has 1 unspecified atom stereocenters. The molecule has 1 aromatic heterocycles. The van der Waals surface area contributed by atoms with Gasteiger partial charge in [0.1, 0.15) is 17.6 Å². The number of carbonyl (C=O) groups excluding carboxylic acids is 4. The minimum absolute atomic E-state index is 0.0944. The third kappa shape index (κ3) is 11.4. The Bertz CT molecular complexity index is 988. The molecular weight excluding hydrogens is 534 g/mol. The second kappa shape index (κ2) is 16.1. The molecule has 0 fully saturated rings. The fraction of sp³-hybridized carbons (Fsp3) is 0.679. The predicted molar refractivity (Wildman–Crippen MR) is 159 cm³/mol. The molecule has 2 bridgehead atoms. The SMILES string of the molecule is CC[C@H](C)[C@@H]1NC(=O)C(CC(C)C)NC(=O)C(C)(C)NC(=O)CCSCc2cccc(n2)CSCCNC1=O. The molecule has 0 aromatic carbocycles. The number of aromatic nitrogens is 1. The molecule has 4 N–H and O–H groups in total. The summed E-state index contributed by atoms with van der Waals surface area (Å²) in [6, 6.07) is 4.39. The van der Waals surface area contributed by atoms with E-state index in [2.05, 4.69) is 21.3 Å². The number of rotatable bonds is 4. The van der Waals surface area contributed by atoms with Crippen LogP contribution >= 0.6 is 23.5 Å². The van der Waals surface area contributed by atoms with Crippen LogP contribution < -0.4 is 21.3 Å². The second-order valence-corrected chi connectivity index (χ2v) is 13.2. The maximum absolute atomic E-state index is 13.4. The van der Waals surface area contributed by atoms with Crippen molar-refractivity contribution in [3.05, 3.63) is 29.6 Å². The van der Waals surface area contributed by atoms with Gasteiger partial charge in [0.15, 0.2) is 0 Å². The van der Waals surface area contributed by atoms with Crippen LogP contribution in [0.25, 0.3) is 0 Å². The van der Waals surface area contributed by atoms with E-state index in [-0.39, 0.29) is 30.1 Å². The summed E-state index contributed by atoms with van der Waals surface area (Å²) in [6.07, 6.45) is 1.37. The molecular formula is C28H45N5O4S2. The fourth-order valence-corrected chi connectivity index (χ4v) is 5.63. The first-order valence-electron chi connectivity index (χ1n) is 13.7. The van der Waals surface area contributed by atoms with Gasteiger partial charge in [0.2, 0.25) is 23.6 Å². The van der Waals surface area contributed by atoms with Gasteiger partial charge in [-0.25, -0.2) is 0 Å². The van der Waals surface area contributed by atoms with E-state index in [0.717, 1.165) is 17.1 Å². The predicted octanol–water partition coefficient (Wildman–Crippen LogP) is 3.02. The van der Waals surface area contributed by atoms with Gasteiger partial charge in [-0.15, -0.1) is 0 Å². The smallest absolute Gasteiger partial charge is 0.245 e. The van der Waals surface area contributed by atoms with Crippen LogP contribution in [0.3, 0.4) is 0 Å². The molecule has 0 spiro atoms. The zero-order valence-corrected chi connectivity index (χ0v) is 25.7. The van der Waals surface area contributed by atoms with E-state index in [4.69, 9.17) is 4.98 Å². The molecule has 4 amide bonds. The highest BCUT2D eigenvalue weighted by Gasteiger charge is 2.35. The molecule has 1 aliphatic rings.